The molecule has 9 aromatic rings. The van der Waals surface area contributed by atoms with Crippen LogP contribution in [0.2, 0.25) is 0 Å². The zero-order valence-electron chi connectivity index (χ0n) is 33.9. The minimum absolute atomic E-state index is 0.557. The average Bonchev–Trinajstić information content (AvgIpc) is 3.35. The lowest BCUT2D eigenvalue weighted by Crippen LogP contribution is -2.26. The predicted octanol–water partition coefficient (Wildman–Crippen LogP) is 17.3. The summed E-state index contributed by atoms with van der Waals surface area (Å²) in [5, 5.41) is 12.4. The van der Waals surface area contributed by atoms with E-state index in [1.165, 1.54) is 0 Å². The van der Waals surface area contributed by atoms with Gasteiger partial charge in [-0.15, -0.1) is 0 Å². The highest BCUT2D eigenvalue weighted by atomic mass is 32.2. The number of benzene rings is 9. The van der Waals surface area contributed by atoms with Gasteiger partial charge in [-0.05, 0) is 103 Å². The fourth-order valence-corrected chi connectivity index (χ4v) is 13.6. The van der Waals surface area contributed by atoms with Crippen molar-refractivity contribution < 1.29 is 0 Å². The normalized spacial score (nSPS) is 13.9. The fraction of sp³-hybridized carbons (Fsp3) is 0. The molecule has 13 rings (SSSR count). The molecule has 0 aliphatic carbocycles. The Balaban J connectivity index is 1.25. The number of anilines is 12. The lowest BCUT2D eigenvalue weighted by atomic mass is 9.98. The summed E-state index contributed by atoms with van der Waals surface area (Å²) >= 11 is 7.12. The third kappa shape index (κ3) is 5.77. The van der Waals surface area contributed by atoms with E-state index >= 15 is 0 Å². The number of hydrogen-bond donors (Lipinski definition) is 0. The van der Waals surface area contributed by atoms with Crippen molar-refractivity contribution in [1.82, 2.24) is 0 Å². The van der Waals surface area contributed by atoms with Gasteiger partial charge in [0.1, 0.15) is 11.6 Å². The van der Waals surface area contributed by atoms with E-state index < -0.39 is 0 Å². The van der Waals surface area contributed by atoms with Crippen LogP contribution in [0.15, 0.2) is 239 Å². The molecular formula is C55H33N5S4. The number of fused-ring (bicyclic) bond motifs is 8. The molecule has 0 saturated carbocycles. The van der Waals surface area contributed by atoms with Gasteiger partial charge in [0.25, 0.3) is 0 Å². The zero-order chi connectivity index (χ0) is 42.3. The highest BCUT2D eigenvalue weighted by Crippen LogP contribution is 2.65. The van der Waals surface area contributed by atoms with Gasteiger partial charge in [-0.1, -0.05) is 144 Å². The molecule has 302 valence electrons. The molecule has 0 amide bonds. The maximum atomic E-state index is 12.4. The van der Waals surface area contributed by atoms with Gasteiger partial charge < -0.3 is 19.6 Å². The molecule has 64 heavy (non-hydrogen) atoms. The third-order valence-corrected chi connectivity index (χ3v) is 16.5. The summed E-state index contributed by atoms with van der Waals surface area (Å²) in [6.07, 6.45) is 0. The van der Waals surface area contributed by atoms with Gasteiger partial charge in [0.05, 0.1) is 68.2 Å². The summed E-state index contributed by atoms with van der Waals surface area (Å²) < 4.78 is 0. The SMILES string of the molecule is N#Cc1c(N2c3ccccc3Sc3ccccc32)c(N2c3ccccc3Sc3ccccc32)cc(N2c3ccccc3Sc3ccccc32)c1N1c2ccccc2Sc2ccccc21. The van der Waals surface area contributed by atoms with E-state index in [-0.39, 0.29) is 0 Å². The Labute approximate surface area is 388 Å². The van der Waals surface area contributed by atoms with Crippen LogP contribution in [0.1, 0.15) is 5.56 Å². The molecule has 0 spiro atoms. The average molecular weight is 892 g/mol. The summed E-state index contributed by atoms with van der Waals surface area (Å²) in [4.78, 5) is 18.6. The van der Waals surface area contributed by atoms with Gasteiger partial charge in [0.15, 0.2) is 0 Å². The molecule has 5 nitrogen and oxygen atoms in total. The fourth-order valence-electron chi connectivity index (χ4n) is 9.35. The van der Waals surface area contributed by atoms with Crippen LogP contribution in [0.4, 0.5) is 68.2 Å². The Morgan fingerprint density at radius 2 is 0.469 bits per heavy atom. The van der Waals surface area contributed by atoms with E-state index in [1.807, 2.05) is 0 Å². The van der Waals surface area contributed by atoms with Gasteiger partial charge in [-0.3, -0.25) is 0 Å². The molecule has 0 bridgehead atoms. The first-order chi connectivity index (χ1) is 31.7. The van der Waals surface area contributed by atoms with Gasteiger partial charge in [0, 0.05) is 39.2 Å². The molecule has 0 saturated heterocycles. The molecule has 9 heteroatoms. The monoisotopic (exact) mass is 891 g/mol. The quantitative estimate of drug-likeness (QED) is 0.172. The molecular weight excluding hydrogens is 859 g/mol. The maximum absolute atomic E-state index is 12.4. The van der Waals surface area contributed by atoms with Crippen LogP contribution in [-0.2, 0) is 0 Å². The Bertz CT molecular complexity index is 3040. The second-order valence-corrected chi connectivity index (χ2v) is 19.9. The minimum Gasteiger partial charge on any atom is -0.306 e. The van der Waals surface area contributed by atoms with Crippen LogP contribution in [0, 0.1) is 11.3 Å². The first-order valence-electron chi connectivity index (χ1n) is 21.0. The van der Waals surface area contributed by atoms with Crippen molar-refractivity contribution in [1.29, 1.82) is 5.26 Å². The van der Waals surface area contributed by atoms with Crippen LogP contribution in [-0.4, -0.2) is 0 Å². The molecule has 0 radical (unpaired) electrons. The second kappa shape index (κ2) is 15.1. The first-order valence-corrected chi connectivity index (χ1v) is 24.3. The molecule has 0 unspecified atom stereocenters. The summed E-state index contributed by atoms with van der Waals surface area (Å²) in [5.41, 5.74) is 12.3. The Kier molecular flexibility index (Phi) is 8.88. The molecule has 0 atom stereocenters. The van der Waals surface area contributed by atoms with E-state index in [4.69, 9.17) is 0 Å². The first kappa shape index (κ1) is 37.6. The van der Waals surface area contributed by atoms with Gasteiger partial charge in [0.2, 0.25) is 0 Å². The number of nitrogens with zero attached hydrogens (tertiary/aromatic N) is 5. The molecule has 4 heterocycles. The second-order valence-electron chi connectivity index (χ2n) is 15.6. The van der Waals surface area contributed by atoms with E-state index in [9.17, 15) is 5.26 Å². The van der Waals surface area contributed by atoms with Crippen LogP contribution >= 0.6 is 47.0 Å². The van der Waals surface area contributed by atoms with E-state index in [0.29, 0.717) is 5.56 Å². The van der Waals surface area contributed by atoms with Crippen molar-refractivity contribution in [2.24, 2.45) is 0 Å². The van der Waals surface area contributed by atoms with Crippen molar-refractivity contribution in [2.45, 2.75) is 39.2 Å². The van der Waals surface area contributed by atoms with Crippen molar-refractivity contribution in [3.63, 3.8) is 0 Å². The Morgan fingerprint density at radius 3 is 0.688 bits per heavy atom. The molecule has 0 N–H and O–H groups in total. The van der Waals surface area contributed by atoms with E-state index in [1.54, 1.807) is 47.0 Å². The lowest BCUT2D eigenvalue weighted by Gasteiger charge is -2.43. The summed E-state index contributed by atoms with van der Waals surface area (Å²) in [6.45, 7) is 0. The summed E-state index contributed by atoms with van der Waals surface area (Å²) in [7, 11) is 0. The largest absolute Gasteiger partial charge is 0.306 e. The maximum Gasteiger partial charge on any atom is 0.104 e. The smallest absolute Gasteiger partial charge is 0.104 e. The van der Waals surface area contributed by atoms with Crippen molar-refractivity contribution in [2.75, 3.05) is 19.6 Å². The zero-order valence-corrected chi connectivity index (χ0v) is 37.2. The standard InChI is InChI=1S/C55H33N5S4/c56-34-35-54(59-40-21-5-13-29-50(40)63-51-30-14-6-22-41(51)59)44(57-36-17-1-9-25-46(36)61-47-26-10-2-18-37(47)57)33-45(58-38-19-3-11-27-48(38)62-49-28-12-4-20-39(49)58)55(35)60-42-23-7-15-31-52(42)64-53-32-16-8-24-43(53)60/h1-33H. The number of rotatable bonds is 4. The molecule has 0 aromatic heterocycles. The van der Waals surface area contributed by atoms with E-state index in [2.05, 4.69) is 226 Å². The highest BCUT2D eigenvalue weighted by Gasteiger charge is 2.40. The molecule has 4 aliphatic heterocycles. The van der Waals surface area contributed by atoms with Crippen LogP contribution in [0.25, 0.3) is 0 Å². The van der Waals surface area contributed by atoms with Crippen molar-refractivity contribution in [3.8, 4) is 6.07 Å². The van der Waals surface area contributed by atoms with Crippen LogP contribution in [0.3, 0.4) is 0 Å². The van der Waals surface area contributed by atoms with Crippen molar-refractivity contribution in [3.05, 3.63) is 206 Å². The summed E-state index contributed by atoms with van der Waals surface area (Å²) in [6, 6.07) is 74.4. The molecule has 0 fully saturated rings. The predicted molar refractivity (Wildman–Crippen MR) is 266 cm³/mol. The van der Waals surface area contributed by atoms with Crippen molar-refractivity contribution >= 4 is 115 Å². The number of hydrogen-bond acceptors (Lipinski definition) is 9. The summed E-state index contributed by atoms with van der Waals surface area (Å²) in [5.74, 6) is 0. The Morgan fingerprint density at radius 1 is 0.266 bits per heavy atom. The lowest BCUT2D eigenvalue weighted by molar-refractivity contribution is 1.09. The van der Waals surface area contributed by atoms with Gasteiger partial charge in [-0.25, -0.2) is 0 Å². The van der Waals surface area contributed by atoms with Gasteiger partial charge >= 0.3 is 0 Å². The third-order valence-electron chi connectivity index (χ3n) is 12.0. The van der Waals surface area contributed by atoms with E-state index in [0.717, 1.165) is 107 Å². The molecule has 4 aliphatic rings. The number of para-hydroxylation sites is 8. The Hall–Kier alpha value is -6.93. The molecule has 9 aromatic carbocycles. The highest BCUT2D eigenvalue weighted by molar-refractivity contribution is 8.00. The minimum atomic E-state index is 0.557. The topological polar surface area (TPSA) is 36.8 Å². The van der Waals surface area contributed by atoms with Crippen LogP contribution in [0.5, 0.6) is 0 Å². The van der Waals surface area contributed by atoms with Crippen LogP contribution < -0.4 is 19.6 Å². The van der Waals surface area contributed by atoms with Gasteiger partial charge in [-0.2, -0.15) is 5.26 Å². The number of nitriles is 1.